The number of benzene rings is 2. The van der Waals surface area contributed by atoms with Gasteiger partial charge in [-0.05, 0) is 50.6 Å². The topological polar surface area (TPSA) is 89.2 Å². The van der Waals surface area contributed by atoms with Crippen LogP contribution in [0.2, 0.25) is 0 Å². The number of Topliss-reactive ketones (excluding diaryl/α,β-unsaturated/α-hetero) is 1. The van der Waals surface area contributed by atoms with Crippen LogP contribution in [0.1, 0.15) is 42.9 Å². The highest BCUT2D eigenvalue weighted by molar-refractivity contribution is 6.16. The Balaban J connectivity index is 1.75. The molecule has 1 aromatic heterocycles. The third-order valence-corrected chi connectivity index (χ3v) is 5.47. The van der Waals surface area contributed by atoms with E-state index in [-0.39, 0.29) is 30.6 Å². The van der Waals surface area contributed by atoms with E-state index in [1.165, 1.54) is 4.90 Å². The summed E-state index contributed by atoms with van der Waals surface area (Å²) < 4.78 is 17.0. The summed E-state index contributed by atoms with van der Waals surface area (Å²) in [6.07, 6.45) is -0.0133. The fourth-order valence-corrected chi connectivity index (χ4v) is 4.02. The lowest BCUT2D eigenvalue weighted by Crippen LogP contribution is -2.34. The molecular formula is C26H27NO6. The molecule has 3 aromatic rings. The number of aliphatic hydroxyl groups excluding tert-OH is 1. The first-order chi connectivity index (χ1) is 15.9. The van der Waals surface area contributed by atoms with E-state index >= 15 is 0 Å². The molecular weight excluding hydrogens is 422 g/mol. The number of aliphatic hydroxyl groups is 1. The van der Waals surface area contributed by atoms with Gasteiger partial charge >= 0.3 is 0 Å². The first-order valence-electron chi connectivity index (χ1n) is 11.0. The molecule has 0 saturated carbocycles. The highest BCUT2D eigenvalue weighted by Crippen LogP contribution is 2.40. The standard InChI is InChI=1S/C26H27NO6/c1-4-31-19-10-7-9-18(14-19)23-22(25(29)26(30)27(23)12-13-32-16(2)3)24(28)21-15-17-8-5-6-11-20(17)33-21/h5-11,14-16,23,29H,4,12-13H2,1-3H3. The Morgan fingerprint density at radius 2 is 1.94 bits per heavy atom. The number of furan rings is 1. The van der Waals surface area contributed by atoms with Crippen molar-refractivity contribution in [1.29, 1.82) is 0 Å². The number of ketones is 1. The summed E-state index contributed by atoms with van der Waals surface area (Å²) in [7, 11) is 0. The van der Waals surface area contributed by atoms with Crippen LogP contribution in [0.3, 0.4) is 0 Å². The summed E-state index contributed by atoms with van der Waals surface area (Å²) in [5.41, 5.74) is 1.20. The van der Waals surface area contributed by atoms with Gasteiger partial charge < -0.3 is 23.9 Å². The number of carbonyl (C=O) groups is 2. The van der Waals surface area contributed by atoms with Gasteiger partial charge in [0.15, 0.2) is 11.5 Å². The number of ether oxygens (including phenoxy) is 2. The van der Waals surface area contributed by atoms with Crippen LogP contribution >= 0.6 is 0 Å². The number of fused-ring (bicyclic) bond motifs is 1. The van der Waals surface area contributed by atoms with Crippen LogP contribution < -0.4 is 4.74 Å². The third kappa shape index (κ3) is 4.50. The van der Waals surface area contributed by atoms with Gasteiger partial charge in [0.05, 0.1) is 30.9 Å². The van der Waals surface area contributed by atoms with Crippen molar-refractivity contribution in [2.24, 2.45) is 0 Å². The summed E-state index contributed by atoms with van der Waals surface area (Å²) in [6, 6.07) is 15.3. The summed E-state index contributed by atoms with van der Waals surface area (Å²) in [4.78, 5) is 28.0. The molecule has 7 nitrogen and oxygen atoms in total. The first-order valence-corrected chi connectivity index (χ1v) is 11.0. The molecule has 1 aliphatic rings. The normalized spacial score (nSPS) is 16.3. The quantitative estimate of drug-likeness (QED) is 0.471. The Hall–Kier alpha value is -3.58. The van der Waals surface area contributed by atoms with Crippen molar-refractivity contribution in [2.75, 3.05) is 19.8 Å². The Kier molecular flexibility index (Phi) is 6.51. The lowest BCUT2D eigenvalue weighted by Gasteiger charge is -2.27. The minimum atomic E-state index is -0.797. The zero-order valence-electron chi connectivity index (χ0n) is 18.9. The van der Waals surface area contributed by atoms with Crippen molar-refractivity contribution in [3.8, 4) is 5.75 Å². The predicted octanol–water partition coefficient (Wildman–Crippen LogP) is 4.83. The van der Waals surface area contributed by atoms with Gasteiger partial charge in [0.25, 0.3) is 5.91 Å². The fourth-order valence-electron chi connectivity index (χ4n) is 4.02. The Bertz CT molecular complexity index is 1180. The summed E-state index contributed by atoms with van der Waals surface area (Å²) in [5.74, 6) is -1.04. The molecule has 1 amide bonds. The predicted molar refractivity (Wildman–Crippen MR) is 123 cm³/mol. The molecule has 33 heavy (non-hydrogen) atoms. The molecule has 0 spiro atoms. The number of amides is 1. The van der Waals surface area contributed by atoms with Gasteiger partial charge in [-0.15, -0.1) is 0 Å². The number of hydrogen-bond donors (Lipinski definition) is 1. The Labute approximate surface area is 192 Å². The molecule has 0 radical (unpaired) electrons. The highest BCUT2D eigenvalue weighted by atomic mass is 16.5. The molecule has 7 heteroatoms. The average Bonchev–Trinajstić information content (AvgIpc) is 3.34. The van der Waals surface area contributed by atoms with E-state index in [0.29, 0.717) is 23.5 Å². The van der Waals surface area contributed by atoms with E-state index in [1.54, 1.807) is 36.4 Å². The molecule has 1 unspecified atom stereocenters. The number of hydrogen-bond acceptors (Lipinski definition) is 6. The monoisotopic (exact) mass is 449 g/mol. The van der Waals surface area contributed by atoms with Gasteiger partial charge in [0.1, 0.15) is 11.3 Å². The molecule has 1 atom stereocenters. The fraction of sp³-hybridized carbons (Fsp3) is 0.308. The van der Waals surface area contributed by atoms with Crippen LogP contribution in [-0.4, -0.2) is 47.6 Å². The zero-order chi connectivity index (χ0) is 23.5. The highest BCUT2D eigenvalue weighted by Gasteiger charge is 2.44. The van der Waals surface area contributed by atoms with Crippen molar-refractivity contribution < 1.29 is 28.6 Å². The van der Waals surface area contributed by atoms with E-state index in [2.05, 4.69) is 0 Å². The lowest BCUT2D eigenvalue weighted by atomic mass is 9.95. The van der Waals surface area contributed by atoms with Crippen LogP contribution in [-0.2, 0) is 9.53 Å². The second-order valence-corrected chi connectivity index (χ2v) is 8.07. The number of carbonyl (C=O) groups excluding carboxylic acids is 2. The van der Waals surface area contributed by atoms with Gasteiger partial charge in [-0.2, -0.15) is 0 Å². The maximum absolute atomic E-state index is 13.5. The maximum Gasteiger partial charge on any atom is 0.290 e. The maximum atomic E-state index is 13.5. The van der Waals surface area contributed by atoms with Gasteiger partial charge in [0, 0.05) is 11.9 Å². The number of para-hydroxylation sites is 1. The SMILES string of the molecule is CCOc1cccc(C2C(C(=O)c3cc4ccccc4o3)=C(O)C(=O)N2CCOC(C)C)c1. The van der Waals surface area contributed by atoms with Crippen LogP contribution in [0.5, 0.6) is 5.75 Å². The van der Waals surface area contributed by atoms with E-state index in [0.717, 1.165) is 5.39 Å². The molecule has 1 N–H and O–H groups in total. The molecule has 0 aliphatic carbocycles. The molecule has 1 aliphatic heterocycles. The van der Waals surface area contributed by atoms with Crippen LogP contribution in [0, 0.1) is 0 Å². The van der Waals surface area contributed by atoms with Crippen LogP contribution in [0.4, 0.5) is 0 Å². The van der Waals surface area contributed by atoms with E-state index in [1.807, 2.05) is 39.0 Å². The molecule has 2 aromatic carbocycles. The molecule has 0 saturated heterocycles. The minimum Gasteiger partial charge on any atom is -0.503 e. The summed E-state index contributed by atoms with van der Waals surface area (Å²) in [6.45, 7) is 6.64. The molecule has 172 valence electrons. The molecule has 0 bridgehead atoms. The van der Waals surface area contributed by atoms with Gasteiger partial charge in [-0.3, -0.25) is 9.59 Å². The second kappa shape index (κ2) is 9.50. The zero-order valence-corrected chi connectivity index (χ0v) is 18.9. The summed E-state index contributed by atoms with van der Waals surface area (Å²) >= 11 is 0. The van der Waals surface area contributed by atoms with Gasteiger partial charge in [-0.25, -0.2) is 0 Å². The largest absolute Gasteiger partial charge is 0.503 e. The van der Waals surface area contributed by atoms with Crippen molar-refractivity contribution in [1.82, 2.24) is 4.90 Å². The van der Waals surface area contributed by atoms with Gasteiger partial charge in [-0.1, -0.05) is 30.3 Å². The summed E-state index contributed by atoms with van der Waals surface area (Å²) in [5, 5.41) is 11.6. The minimum absolute atomic E-state index is 0.0133. The molecule has 0 fully saturated rings. The first kappa shape index (κ1) is 22.6. The van der Waals surface area contributed by atoms with Crippen molar-refractivity contribution in [2.45, 2.75) is 32.9 Å². The van der Waals surface area contributed by atoms with Gasteiger partial charge in [0.2, 0.25) is 5.78 Å². The molecule has 2 heterocycles. The average molecular weight is 450 g/mol. The van der Waals surface area contributed by atoms with E-state index < -0.39 is 23.5 Å². The smallest absolute Gasteiger partial charge is 0.290 e. The van der Waals surface area contributed by atoms with Crippen molar-refractivity contribution >= 4 is 22.7 Å². The van der Waals surface area contributed by atoms with Crippen molar-refractivity contribution in [3.05, 3.63) is 77.3 Å². The van der Waals surface area contributed by atoms with Crippen LogP contribution in [0.25, 0.3) is 11.0 Å². The third-order valence-electron chi connectivity index (χ3n) is 5.47. The number of rotatable bonds is 9. The van der Waals surface area contributed by atoms with Crippen molar-refractivity contribution in [3.63, 3.8) is 0 Å². The Morgan fingerprint density at radius 1 is 1.15 bits per heavy atom. The lowest BCUT2D eigenvalue weighted by molar-refractivity contribution is -0.130. The number of nitrogens with zero attached hydrogens (tertiary/aromatic N) is 1. The second-order valence-electron chi connectivity index (χ2n) is 8.07. The van der Waals surface area contributed by atoms with E-state index in [4.69, 9.17) is 13.9 Å². The Morgan fingerprint density at radius 3 is 2.67 bits per heavy atom. The van der Waals surface area contributed by atoms with E-state index in [9.17, 15) is 14.7 Å². The van der Waals surface area contributed by atoms with Crippen LogP contribution in [0.15, 0.2) is 70.3 Å². The molecule has 4 rings (SSSR count).